The maximum absolute atomic E-state index is 13.5. The molecule has 3 rings (SSSR count). The summed E-state index contributed by atoms with van der Waals surface area (Å²) in [6.45, 7) is 0. The summed E-state index contributed by atoms with van der Waals surface area (Å²) < 4.78 is 24.3. The predicted octanol–water partition coefficient (Wildman–Crippen LogP) is 4.27. The number of carbonyl (C=O) groups excluding carboxylic acids is 1. The van der Waals surface area contributed by atoms with Gasteiger partial charge in [-0.25, -0.2) is 4.39 Å². The normalized spacial score (nSPS) is 10.6. The molecule has 0 atom stereocenters. The Balaban J connectivity index is 1.65. The van der Waals surface area contributed by atoms with E-state index in [2.05, 4.69) is 15.5 Å². The van der Waals surface area contributed by atoms with Crippen LogP contribution in [0.4, 0.5) is 10.1 Å². The summed E-state index contributed by atoms with van der Waals surface area (Å²) in [5.41, 5.74) is 0.670. The maximum Gasteiger partial charge on any atom is 0.277 e. The Morgan fingerprint density at radius 3 is 2.88 bits per heavy atom. The molecule has 0 aliphatic heterocycles. The number of nitrogens with one attached hydrogen (secondary N) is 1. The van der Waals surface area contributed by atoms with Crippen molar-refractivity contribution in [1.82, 2.24) is 10.2 Å². The number of hydrogen-bond acceptors (Lipinski definition) is 6. The molecule has 134 valence electrons. The molecule has 0 aliphatic rings. The zero-order valence-electron chi connectivity index (χ0n) is 13.5. The summed E-state index contributed by atoms with van der Waals surface area (Å²) in [6.07, 6.45) is 0. The van der Waals surface area contributed by atoms with Crippen molar-refractivity contribution >= 4 is 35.0 Å². The van der Waals surface area contributed by atoms with Crippen LogP contribution in [-0.2, 0) is 4.79 Å². The van der Waals surface area contributed by atoms with E-state index in [4.69, 9.17) is 20.8 Å². The lowest BCUT2D eigenvalue weighted by molar-refractivity contribution is -0.113. The van der Waals surface area contributed by atoms with E-state index in [1.165, 1.54) is 19.2 Å². The van der Waals surface area contributed by atoms with Crippen molar-refractivity contribution in [1.29, 1.82) is 0 Å². The molecule has 0 saturated carbocycles. The highest BCUT2D eigenvalue weighted by Crippen LogP contribution is 2.33. The van der Waals surface area contributed by atoms with Gasteiger partial charge in [-0.3, -0.25) is 4.79 Å². The van der Waals surface area contributed by atoms with Gasteiger partial charge in [0.2, 0.25) is 5.91 Å². The number of anilines is 1. The second-order valence-corrected chi connectivity index (χ2v) is 6.40. The Bertz CT molecular complexity index is 935. The van der Waals surface area contributed by atoms with Gasteiger partial charge in [-0.2, -0.15) is 0 Å². The van der Waals surface area contributed by atoms with Crippen LogP contribution in [0.3, 0.4) is 0 Å². The number of rotatable bonds is 6. The average molecular weight is 394 g/mol. The number of benzene rings is 2. The first-order valence-corrected chi connectivity index (χ1v) is 8.78. The molecule has 0 radical (unpaired) electrons. The molecule has 1 heterocycles. The molecular formula is C17H13ClFN3O3S. The van der Waals surface area contributed by atoms with Crippen LogP contribution in [0.5, 0.6) is 5.75 Å². The Morgan fingerprint density at radius 2 is 2.12 bits per heavy atom. The molecule has 0 aliphatic carbocycles. The number of ether oxygens (including phenoxy) is 1. The number of methoxy groups -OCH3 is 1. The molecule has 1 amide bonds. The zero-order chi connectivity index (χ0) is 18.5. The van der Waals surface area contributed by atoms with E-state index >= 15 is 0 Å². The SMILES string of the molecule is COc1ccc(Cl)cc1-c1nnc(SCC(=O)Nc2ccccc2F)o1. The van der Waals surface area contributed by atoms with Crippen molar-refractivity contribution in [3.8, 4) is 17.2 Å². The van der Waals surface area contributed by atoms with Crippen LogP contribution < -0.4 is 10.1 Å². The van der Waals surface area contributed by atoms with Gasteiger partial charge in [0.15, 0.2) is 0 Å². The first kappa shape index (κ1) is 18.2. The number of aromatic nitrogens is 2. The number of hydrogen-bond donors (Lipinski definition) is 1. The van der Waals surface area contributed by atoms with Crippen LogP contribution in [0, 0.1) is 5.82 Å². The highest BCUT2D eigenvalue weighted by atomic mass is 35.5. The predicted molar refractivity (Wildman–Crippen MR) is 97.0 cm³/mol. The number of para-hydroxylation sites is 1. The third-order valence-corrected chi connectivity index (χ3v) is 4.33. The number of carbonyl (C=O) groups is 1. The van der Waals surface area contributed by atoms with Gasteiger partial charge < -0.3 is 14.5 Å². The van der Waals surface area contributed by atoms with Crippen LogP contribution in [0.1, 0.15) is 0 Å². The molecule has 26 heavy (non-hydrogen) atoms. The van der Waals surface area contributed by atoms with Crippen LogP contribution in [0.2, 0.25) is 5.02 Å². The summed E-state index contributed by atoms with van der Waals surface area (Å²) in [5, 5.41) is 11.0. The standard InChI is InChI=1S/C17H13ClFN3O3S/c1-24-14-7-6-10(18)8-11(14)16-21-22-17(25-16)26-9-15(23)20-13-5-3-2-4-12(13)19/h2-8H,9H2,1H3,(H,20,23). The Morgan fingerprint density at radius 1 is 1.31 bits per heavy atom. The topological polar surface area (TPSA) is 77.2 Å². The quantitative estimate of drug-likeness (QED) is 0.630. The Hall–Kier alpha value is -2.58. The third-order valence-electron chi connectivity index (χ3n) is 3.27. The van der Waals surface area contributed by atoms with Crippen LogP contribution >= 0.6 is 23.4 Å². The van der Waals surface area contributed by atoms with Crippen LogP contribution in [-0.4, -0.2) is 29.0 Å². The van der Waals surface area contributed by atoms with E-state index in [1.807, 2.05) is 0 Å². The van der Waals surface area contributed by atoms with Crippen LogP contribution in [0.25, 0.3) is 11.5 Å². The summed E-state index contributed by atoms with van der Waals surface area (Å²) in [4.78, 5) is 11.9. The molecule has 0 saturated heterocycles. The largest absolute Gasteiger partial charge is 0.496 e. The Kier molecular flexibility index (Phi) is 5.75. The molecule has 0 spiro atoms. The van der Waals surface area contributed by atoms with E-state index in [1.54, 1.807) is 30.3 Å². The fourth-order valence-corrected chi connectivity index (χ4v) is 2.84. The lowest BCUT2D eigenvalue weighted by Crippen LogP contribution is -2.14. The van der Waals surface area contributed by atoms with Crippen molar-refractivity contribution in [3.05, 3.63) is 53.3 Å². The molecular weight excluding hydrogens is 381 g/mol. The maximum atomic E-state index is 13.5. The average Bonchev–Trinajstić information content (AvgIpc) is 3.11. The summed E-state index contributed by atoms with van der Waals surface area (Å²) in [6, 6.07) is 10.9. The highest BCUT2D eigenvalue weighted by Gasteiger charge is 2.16. The van der Waals surface area contributed by atoms with Gasteiger partial charge in [-0.1, -0.05) is 35.5 Å². The molecule has 2 aromatic carbocycles. The molecule has 6 nitrogen and oxygen atoms in total. The smallest absolute Gasteiger partial charge is 0.277 e. The number of halogens is 2. The number of amides is 1. The molecule has 1 N–H and O–H groups in total. The number of nitrogens with zero attached hydrogens (tertiary/aromatic N) is 2. The van der Waals surface area contributed by atoms with E-state index < -0.39 is 5.82 Å². The second-order valence-electron chi connectivity index (χ2n) is 5.03. The van der Waals surface area contributed by atoms with Crippen molar-refractivity contribution in [3.63, 3.8) is 0 Å². The second kappa shape index (κ2) is 8.20. The lowest BCUT2D eigenvalue weighted by Gasteiger charge is -2.05. The van der Waals surface area contributed by atoms with E-state index in [-0.39, 0.29) is 28.5 Å². The Labute approximate surface area is 157 Å². The van der Waals surface area contributed by atoms with Gasteiger partial charge in [-0.15, -0.1) is 10.2 Å². The molecule has 0 fully saturated rings. The lowest BCUT2D eigenvalue weighted by atomic mass is 10.2. The van der Waals surface area contributed by atoms with Gasteiger partial charge in [0.1, 0.15) is 11.6 Å². The summed E-state index contributed by atoms with van der Waals surface area (Å²) in [7, 11) is 1.52. The first-order valence-electron chi connectivity index (χ1n) is 7.41. The molecule has 0 unspecified atom stereocenters. The van der Waals surface area contributed by atoms with Crippen molar-refractivity contribution < 1.29 is 18.3 Å². The summed E-state index contributed by atoms with van der Waals surface area (Å²) in [5.74, 6) is -0.143. The van der Waals surface area contributed by atoms with Gasteiger partial charge in [0.25, 0.3) is 11.1 Å². The van der Waals surface area contributed by atoms with Gasteiger partial charge in [-0.05, 0) is 30.3 Å². The van der Waals surface area contributed by atoms with Crippen molar-refractivity contribution in [2.75, 3.05) is 18.2 Å². The van der Waals surface area contributed by atoms with Crippen molar-refractivity contribution in [2.24, 2.45) is 0 Å². The fourth-order valence-electron chi connectivity index (χ4n) is 2.10. The third kappa shape index (κ3) is 4.33. The highest BCUT2D eigenvalue weighted by molar-refractivity contribution is 7.99. The first-order chi connectivity index (χ1) is 12.6. The van der Waals surface area contributed by atoms with E-state index in [0.29, 0.717) is 16.3 Å². The minimum atomic E-state index is -0.501. The summed E-state index contributed by atoms with van der Waals surface area (Å²) >= 11 is 7.03. The van der Waals surface area contributed by atoms with E-state index in [9.17, 15) is 9.18 Å². The molecule has 3 aromatic rings. The van der Waals surface area contributed by atoms with Gasteiger partial charge in [0.05, 0.1) is 24.1 Å². The van der Waals surface area contributed by atoms with Gasteiger partial charge in [0, 0.05) is 5.02 Å². The van der Waals surface area contributed by atoms with Crippen LogP contribution in [0.15, 0.2) is 52.1 Å². The molecule has 9 heteroatoms. The number of thioether (sulfide) groups is 1. The minimum absolute atomic E-state index is 0.0113. The van der Waals surface area contributed by atoms with Crippen molar-refractivity contribution in [2.45, 2.75) is 5.22 Å². The minimum Gasteiger partial charge on any atom is -0.496 e. The monoisotopic (exact) mass is 393 g/mol. The van der Waals surface area contributed by atoms with Gasteiger partial charge >= 0.3 is 0 Å². The molecule has 1 aromatic heterocycles. The molecule has 0 bridgehead atoms. The zero-order valence-corrected chi connectivity index (χ0v) is 15.1. The van der Waals surface area contributed by atoms with E-state index in [0.717, 1.165) is 11.8 Å². The fraction of sp³-hybridized carbons (Fsp3) is 0.118.